The van der Waals surface area contributed by atoms with E-state index in [0.29, 0.717) is 16.9 Å². The van der Waals surface area contributed by atoms with Gasteiger partial charge in [0, 0.05) is 0 Å². The molecule has 0 unspecified atom stereocenters. The number of nitriles is 1. The van der Waals surface area contributed by atoms with Crippen molar-refractivity contribution >= 4 is 0 Å². The fourth-order valence-electron chi connectivity index (χ4n) is 4.08. The minimum Gasteiger partial charge on any atom is -0.489 e. The maximum atomic E-state index is 9.13. The third-order valence-corrected chi connectivity index (χ3v) is 5.57. The Hall–Kier alpha value is -1.49. The van der Waals surface area contributed by atoms with Crippen molar-refractivity contribution in [3.05, 3.63) is 29.8 Å². The lowest BCUT2D eigenvalue weighted by Crippen LogP contribution is -2.57. The van der Waals surface area contributed by atoms with Crippen LogP contribution in [-0.4, -0.2) is 6.10 Å². The first-order valence-electron chi connectivity index (χ1n) is 7.20. The Balaban J connectivity index is 1.77. The number of ether oxygens (including phenoxy) is 1. The molecule has 0 saturated heterocycles. The number of nitrogens with zero attached hydrogens (tertiary/aromatic N) is 1. The van der Waals surface area contributed by atoms with Crippen molar-refractivity contribution in [2.45, 2.75) is 39.7 Å². The summed E-state index contributed by atoms with van der Waals surface area (Å²) in [5, 5.41) is 9.13. The van der Waals surface area contributed by atoms with Crippen molar-refractivity contribution in [1.29, 1.82) is 5.26 Å². The number of hydrogen-bond donors (Lipinski definition) is 0. The van der Waals surface area contributed by atoms with E-state index in [4.69, 9.17) is 10.00 Å². The lowest BCUT2D eigenvalue weighted by molar-refractivity contribution is -0.147. The number of benzene rings is 1. The van der Waals surface area contributed by atoms with E-state index in [9.17, 15) is 0 Å². The molecular formula is C17H21NO. The van der Waals surface area contributed by atoms with Gasteiger partial charge in [-0.05, 0) is 48.1 Å². The monoisotopic (exact) mass is 255 g/mol. The van der Waals surface area contributed by atoms with E-state index in [1.54, 1.807) is 0 Å². The van der Waals surface area contributed by atoms with Gasteiger partial charge < -0.3 is 4.74 Å². The Morgan fingerprint density at radius 2 is 2.00 bits per heavy atom. The van der Waals surface area contributed by atoms with Gasteiger partial charge in [-0.1, -0.05) is 32.9 Å². The first kappa shape index (κ1) is 12.5. The molecule has 0 N–H and O–H groups in total. The molecule has 0 aromatic heterocycles. The van der Waals surface area contributed by atoms with Gasteiger partial charge in [0.2, 0.25) is 0 Å². The Labute approximate surface area is 115 Å². The highest BCUT2D eigenvalue weighted by Gasteiger charge is 2.57. The van der Waals surface area contributed by atoms with Gasteiger partial charge in [0.25, 0.3) is 0 Å². The SMILES string of the molecule is C[C@@H]1[C@H](Oc2ccccc2C#N)C[C@H]2C[C@@H]1C2(C)C. The second-order valence-corrected chi connectivity index (χ2v) is 6.72. The standard InChI is InChI=1S/C17H21NO/c1-11-14-8-13(17(14,2)3)9-16(11)19-15-7-5-4-6-12(15)10-18/h4-7,11,13-14,16H,8-9H2,1-3H3/t11-,13+,14-,16+/m0/s1. The first-order chi connectivity index (χ1) is 9.04. The average molecular weight is 255 g/mol. The van der Waals surface area contributed by atoms with Crippen molar-refractivity contribution < 1.29 is 4.74 Å². The molecule has 3 fully saturated rings. The third-order valence-electron chi connectivity index (χ3n) is 5.57. The quantitative estimate of drug-likeness (QED) is 0.800. The first-order valence-corrected chi connectivity index (χ1v) is 7.20. The number of para-hydroxylation sites is 1. The summed E-state index contributed by atoms with van der Waals surface area (Å²) in [6.07, 6.45) is 2.75. The zero-order valence-electron chi connectivity index (χ0n) is 11.9. The van der Waals surface area contributed by atoms with E-state index in [-0.39, 0.29) is 6.10 Å². The van der Waals surface area contributed by atoms with Crippen LogP contribution in [0.2, 0.25) is 0 Å². The predicted molar refractivity (Wildman–Crippen MR) is 74.7 cm³/mol. The molecule has 100 valence electrons. The highest BCUT2D eigenvalue weighted by Crippen LogP contribution is 2.61. The van der Waals surface area contributed by atoms with Crippen LogP contribution in [0.4, 0.5) is 0 Å². The zero-order valence-corrected chi connectivity index (χ0v) is 11.9. The second kappa shape index (κ2) is 4.27. The molecule has 4 rings (SSSR count). The maximum Gasteiger partial charge on any atom is 0.137 e. The van der Waals surface area contributed by atoms with Crippen LogP contribution in [0.5, 0.6) is 5.75 Å². The smallest absolute Gasteiger partial charge is 0.137 e. The zero-order chi connectivity index (χ0) is 13.6. The van der Waals surface area contributed by atoms with Crippen LogP contribution >= 0.6 is 0 Å². The molecule has 0 radical (unpaired) electrons. The van der Waals surface area contributed by atoms with Crippen LogP contribution in [0, 0.1) is 34.5 Å². The van der Waals surface area contributed by atoms with Gasteiger partial charge in [0.1, 0.15) is 17.9 Å². The van der Waals surface area contributed by atoms with Gasteiger partial charge in [-0.3, -0.25) is 0 Å². The molecule has 0 amide bonds. The van der Waals surface area contributed by atoms with Crippen molar-refractivity contribution in [2.75, 3.05) is 0 Å². The topological polar surface area (TPSA) is 33.0 Å². The molecule has 19 heavy (non-hydrogen) atoms. The minimum atomic E-state index is 0.270. The molecule has 3 saturated carbocycles. The van der Waals surface area contributed by atoms with Gasteiger partial charge >= 0.3 is 0 Å². The van der Waals surface area contributed by atoms with Crippen molar-refractivity contribution in [3.63, 3.8) is 0 Å². The van der Waals surface area contributed by atoms with Crippen LogP contribution in [0.1, 0.15) is 39.2 Å². The van der Waals surface area contributed by atoms with Crippen LogP contribution < -0.4 is 4.74 Å². The van der Waals surface area contributed by atoms with E-state index in [1.165, 1.54) is 6.42 Å². The Kier molecular flexibility index (Phi) is 2.82. The summed E-state index contributed by atoms with van der Waals surface area (Å²) in [6.45, 7) is 7.09. The largest absolute Gasteiger partial charge is 0.489 e. The van der Waals surface area contributed by atoms with Crippen molar-refractivity contribution in [2.24, 2.45) is 23.2 Å². The van der Waals surface area contributed by atoms with E-state index in [0.717, 1.165) is 24.0 Å². The summed E-state index contributed by atoms with van der Waals surface area (Å²) in [5.41, 5.74) is 1.13. The van der Waals surface area contributed by atoms with Crippen molar-refractivity contribution in [1.82, 2.24) is 0 Å². The number of hydrogen-bond acceptors (Lipinski definition) is 2. The second-order valence-electron chi connectivity index (χ2n) is 6.72. The molecule has 1 aromatic rings. The lowest BCUT2D eigenvalue weighted by Gasteiger charge is -2.61. The molecule has 3 aliphatic carbocycles. The van der Waals surface area contributed by atoms with Crippen LogP contribution in [0.15, 0.2) is 24.3 Å². The molecule has 0 heterocycles. The van der Waals surface area contributed by atoms with E-state index >= 15 is 0 Å². The maximum absolute atomic E-state index is 9.13. The summed E-state index contributed by atoms with van der Waals surface area (Å²) in [4.78, 5) is 0. The highest BCUT2D eigenvalue weighted by atomic mass is 16.5. The molecule has 0 spiro atoms. The summed E-state index contributed by atoms with van der Waals surface area (Å²) in [6, 6.07) is 9.78. The van der Waals surface area contributed by atoms with E-state index in [2.05, 4.69) is 26.8 Å². The molecule has 2 bridgehead atoms. The minimum absolute atomic E-state index is 0.270. The lowest BCUT2D eigenvalue weighted by atomic mass is 9.45. The fraction of sp³-hybridized carbons (Fsp3) is 0.588. The van der Waals surface area contributed by atoms with Crippen LogP contribution in [0.3, 0.4) is 0 Å². The molecule has 3 aliphatic rings. The summed E-state index contributed by atoms with van der Waals surface area (Å²) >= 11 is 0. The Bertz CT molecular complexity index is 528. The van der Waals surface area contributed by atoms with Gasteiger partial charge in [-0.15, -0.1) is 0 Å². The predicted octanol–water partition coefficient (Wildman–Crippen LogP) is 4.01. The fourth-order valence-corrected chi connectivity index (χ4v) is 4.08. The van der Waals surface area contributed by atoms with Gasteiger partial charge in [-0.2, -0.15) is 5.26 Å². The number of fused-ring (bicyclic) bond motifs is 2. The molecular weight excluding hydrogens is 234 g/mol. The highest BCUT2D eigenvalue weighted by molar-refractivity contribution is 5.42. The summed E-state index contributed by atoms with van der Waals surface area (Å²) < 4.78 is 6.16. The summed E-state index contributed by atoms with van der Waals surface area (Å²) in [7, 11) is 0. The molecule has 2 heteroatoms. The van der Waals surface area contributed by atoms with Crippen LogP contribution in [-0.2, 0) is 0 Å². The average Bonchev–Trinajstić information content (AvgIpc) is 2.41. The molecule has 2 nitrogen and oxygen atoms in total. The van der Waals surface area contributed by atoms with Gasteiger partial charge in [0.15, 0.2) is 0 Å². The number of rotatable bonds is 2. The van der Waals surface area contributed by atoms with Gasteiger partial charge in [-0.25, -0.2) is 0 Å². The van der Waals surface area contributed by atoms with Crippen LogP contribution in [0.25, 0.3) is 0 Å². The molecule has 1 aromatic carbocycles. The van der Waals surface area contributed by atoms with E-state index in [1.807, 2.05) is 24.3 Å². The van der Waals surface area contributed by atoms with Crippen molar-refractivity contribution in [3.8, 4) is 11.8 Å². The normalized spacial score (nSPS) is 35.1. The summed E-state index contributed by atoms with van der Waals surface area (Å²) in [5.74, 6) is 2.88. The Morgan fingerprint density at radius 3 is 2.63 bits per heavy atom. The van der Waals surface area contributed by atoms with E-state index < -0.39 is 0 Å². The third kappa shape index (κ3) is 1.84. The van der Waals surface area contributed by atoms with Gasteiger partial charge in [0.05, 0.1) is 5.56 Å². The molecule has 0 aliphatic heterocycles. The Morgan fingerprint density at radius 1 is 1.26 bits per heavy atom. The molecule has 4 atom stereocenters.